The molecule has 26 heavy (non-hydrogen) atoms. The predicted molar refractivity (Wildman–Crippen MR) is 95.1 cm³/mol. The van der Waals surface area contributed by atoms with Crippen molar-refractivity contribution in [2.45, 2.75) is 33.2 Å². The van der Waals surface area contributed by atoms with E-state index in [-0.39, 0.29) is 11.7 Å². The molecule has 0 aliphatic carbocycles. The van der Waals surface area contributed by atoms with Crippen molar-refractivity contribution < 1.29 is 9.66 Å². The van der Waals surface area contributed by atoms with Gasteiger partial charge in [-0.3, -0.25) is 15.0 Å². The molecule has 2 heterocycles. The van der Waals surface area contributed by atoms with E-state index in [1.807, 2.05) is 6.92 Å². The van der Waals surface area contributed by atoms with Crippen molar-refractivity contribution in [3.8, 4) is 5.69 Å². The zero-order valence-electron chi connectivity index (χ0n) is 15.3. The molecule has 9 nitrogen and oxygen atoms in total. The van der Waals surface area contributed by atoms with Crippen LogP contribution in [0.3, 0.4) is 0 Å². The van der Waals surface area contributed by atoms with Gasteiger partial charge in [-0.1, -0.05) is 13.8 Å². The smallest absolute Gasteiger partial charge is 0.269 e. The van der Waals surface area contributed by atoms with Crippen LogP contribution in [0.5, 0.6) is 0 Å². The van der Waals surface area contributed by atoms with Crippen LogP contribution < -0.4 is 0 Å². The number of hydrogen-bond donors (Lipinski definition) is 0. The second kappa shape index (κ2) is 7.88. The molecule has 1 aliphatic heterocycles. The first-order chi connectivity index (χ1) is 12.5. The van der Waals surface area contributed by atoms with E-state index in [0.29, 0.717) is 19.1 Å². The van der Waals surface area contributed by atoms with E-state index in [0.717, 1.165) is 36.6 Å². The molecule has 0 radical (unpaired) electrons. The Labute approximate surface area is 152 Å². The molecule has 2 aromatic rings. The van der Waals surface area contributed by atoms with Crippen LogP contribution in [0, 0.1) is 23.0 Å². The molecule has 0 N–H and O–H groups in total. The van der Waals surface area contributed by atoms with Crippen molar-refractivity contribution in [1.82, 2.24) is 25.1 Å². The molecule has 0 amide bonds. The van der Waals surface area contributed by atoms with Crippen LogP contribution in [-0.4, -0.2) is 56.3 Å². The number of hydrogen-bond acceptors (Lipinski definition) is 7. The number of aromatic nitrogens is 4. The number of non-ortho nitro benzene ring substituents is 1. The van der Waals surface area contributed by atoms with Crippen LogP contribution >= 0.6 is 0 Å². The first-order valence-electron chi connectivity index (χ1n) is 8.83. The van der Waals surface area contributed by atoms with Crippen LogP contribution in [0.25, 0.3) is 5.69 Å². The predicted octanol–water partition coefficient (Wildman–Crippen LogP) is 2.30. The molecule has 1 aromatic carbocycles. The van der Waals surface area contributed by atoms with E-state index in [1.165, 1.54) is 6.07 Å². The van der Waals surface area contributed by atoms with Gasteiger partial charge in [-0.05, 0) is 41.3 Å². The van der Waals surface area contributed by atoms with E-state index < -0.39 is 4.92 Å². The fourth-order valence-electron chi connectivity index (χ4n) is 3.32. The van der Waals surface area contributed by atoms with Crippen molar-refractivity contribution in [1.29, 1.82) is 0 Å². The summed E-state index contributed by atoms with van der Waals surface area (Å²) >= 11 is 0. The third kappa shape index (κ3) is 3.88. The van der Waals surface area contributed by atoms with Crippen LogP contribution in [0.4, 0.5) is 5.69 Å². The fourth-order valence-corrected chi connectivity index (χ4v) is 3.32. The molecule has 1 aromatic heterocycles. The van der Waals surface area contributed by atoms with Gasteiger partial charge in [0.05, 0.1) is 29.9 Å². The molecular formula is C17H24N6O3. The lowest BCUT2D eigenvalue weighted by molar-refractivity contribution is -0.384. The zero-order valence-corrected chi connectivity index (χ0v) is 15.3. The van der Waals surface area contributed by atoms with E-state index in [4.69, 9.17) is 4.74 Å². The van der Waals surface area contributed by atoms with Crippen molar-refractivity contribution in [3.05, 3.63) is 39.7 Å². The van der Waals surface area contributed by atoms with Crippen LogP contribution in [0.15, 0.2) is 18.2 Å². The summed E-state index contributed by atoms with van der Waals surface area (Å²) in [5.74, 6) is 1.24. The standard InChI is InChI=1S/C17H24N6O3/c1-12(2)10-16(21-6-8-26-9-7-21)17-18-19-20-22(17)15-5-4-14(23(24)25)11-13(15)3/h4-5,11-12,16H,6-10H2,1-3H3. The summed E-state index contributed by atoms with van der Waals surface area (Å²) in [6.07, 6.45) is 0.923. The van der Waals surface area contributed by atoms with E-state index in [2.05, 4.69) is 34.3 Å². The lowest BCUT2D eigenvalue weighted by Gasteiger charge is -2.34. The van der Waals surface area contributed by atoms with Gasteiger partial charge in [-0.25, -0.2) is 0 Å². The normalized spacial score (nSPS) is 16.8. The van der Waals surface area contributed by atoms with Crippen molar-refractivity contribution in [3.63, 3.8) is 0 Å². The van der Waals surface area contributed by atoms with Gasteiger partial charge in [-0.2, -0.15) is 4.68 Å². The third-order valence-electron chi connectivity index (χ3n) is 4.59. The number of nitro benzene ring substituents is 1. The van der Waals surface area contributed by atoms with Crippen molar-refractivity contribution in [2.75, 3.05) is 26.3 Å². The maximum absolute atomic E-state index is 11.0. The lowest BCUT2D eigenvalue weighted by atomic mass is 10.0. The average Bonchev–Trinajstić information content (AvgIpc) is 3.09. The third-order valence-corrected chi connectivity index (χ3v) is 4.59. The number of tetrazole rings is 1. The van der Waals surface area contributed by atoms with Crippen molar-refractivity contribution in [2.24, 2.45) is 5.92 Å². The van der Waals surface area contributed by atoms with Gasteiger partial charge in [0.2, 0.25) is 0 Å². The molecule has 1 unspecified atom stereocenters. The lowest BCUT2D eigenvalue weighted by Crippen LogP contribution is -2.40. The average molecular weight is 360 g/mol. The van der Waals surface area contributed by atoms with Crippen LogP contribution in [0.2, 0.25) is 0 Å². The largest absolute Gasteiger partial charge is 0.379 e. The molecular weight excluding hydrogens is 336 g/mol. The summed E-state index contributed by atoms with van der Waals surface area (Å²) in [6.45, 7) is 9.27. The fraction of sp³-hybridized carbons (Fsp3) is 0.588. The van der Waals surface area contributed by atoms with Gasteiger partial charge < -0.3 is 4.74 Å². The van der Waals surface area contributed by atoms with Gasteiger partial charge in [0, 0.05) is 25.2 Å². The Morgan fingerprint density at radius 1 is 1.31 bits per heavy atom. The second-order valence-electron chi connectivity index (χ2n) is 6.97. The Bertz CT molecular complexity index is 770. The minimum Gasteiger partial charge on any atom is -0.379 e. The highest BCUT2D eigenvalue weighted by molar-refractivity contribution is 5.47. The van der Waals surface area contributed by atoms with Crippen LogP contribution in [0.1, 0.15) is 37.7 Å². The van der Waals surface area contributed by atoms with Gasteiger partial charge in [-0.15, -0.1) is 5.10 Å². The summed E-state index contributed by atoms with van der Waals surface area (Å²) in [5, 5.41) is 23.4. The number of morpholine rings is 1. The summed E-state index contributed by atoms with van der Waals surface area (Å²) in [4.78, 5) is 13.0. The monoisotopic (exact) mass is 360 g/mol. The molecule has 140 valence electrons. The number of nitro groups is 1. The summed E-state index contributed by atoms with van der Waals surface area (Å²) in [7, 11) is 0. The number of aryl methyl sites for hydroxylation is 1. The number of benzene rings is 1. The molecule has 3 rings (SSSR count). The Kier molecular flexibility index (Phi) is 5.58. The van der Waals surface area contributed by atoms with E-state index in [1.54, 1.807) is 16.8 Å². The Hall–Kier alpha value is -2.39. The molecule has 9 heteroatoms. The zero-order chi connectivity index (χ0) is 18.7. The van der Waals surface area contributed by atoms with E-state index in [9.17, 15) is 10.1 Å². The Morgan fingerprint density at radius 3 is 2.65 bits per heavy atom. The maximum Gasteiger partial charge on any atom is 0.269 e. The number of nitrogens with zero attached hydrogens (tertiary/aromatic N) is 6. The Morgan fingerprint density at radius 2 is 2.04 bits per heavy atom. The molecule has 1 saturated heterocycles. The second-order valence-corrected chi connectivity index (χ2v) is 6.97. The maximum atomic E-state index is 11.0. The van der Waals surface area contributed by atoms with Gasteiger partial charge in [0.25, 0.3) is 5.69 Å². The highest BCUT2D eigenvalue weighted by Gasteiger charge is 2.29. The summed E-state index contributed by atoms with van der Waals surface area (Å²) in [5.41, 5.74) is 1.59. The topological polar surface area (TPSA) is 99.2 Å². The molecule has 1 aliphatic rings. The minimum atomic E-state index is -0.396. The molecule has 0 bridgehead atoms. The molecule has 0 saturated carbocycles. The summed E-state index contributed by atoms with van der Waals surface area (Å²) < 4.78 is 7.19. The summed E-state index contributed by atoms with van der Waals surface area (Å²) in [6, 6.07) is 4.81. The Balaban J connectivity index is 1.98. The van der Waals surface area contributed by atoms with E-state index >= 15 is 0 Å². The molecule has 1 atom stereocenters. The first kappa shape index (κ1) is 18.4. The SMILES string of the molecule is Cc1cc([N+](=O)[O-])ccc1-n1nnnc1C(CC(C)C)N1CCOCC1. The van der Waals surface area contributed by atoms with Gasteiger partial charge in [0.15, 0.2) is 5.82 Å². The van der Waals surface area contributed by atoms with Crippen LogP contribution in [-0.2, 0) is 4.74 Å². The highest BCUT2D eigenvalue weighted by atomic mass is 16.6. The highest BCUT2D eigenvalue weighted by Crippen LogP contribution is 2.29. The van der Waals surface area contributed by atoms with Gasteiger partial charge in [0.1, 0.15) is 0 Å². The molecule has 0 spiro atoms. The minimum absolute atomic E-state index is 0.0628. The quantitative estimate of drug-likeness (QED) is 0.575. The van der Waals surface area contributed by atoms with Gasteiger partial charge >= 0.3 is 0 Å². The molecule has 1 fully saturated rings. The first-order valence-corrected chi connectivity index (χ1v) is 8.83. The number of ether oxygens (including phenoxy) is 1. The number of rotatable bonds is 6. The van der Waals surface area contributed by atoms with Crippen molar-refractivity contribution >= 4 is 5.69 Å².